The number of benzene rings is 1. The maximum Gasteiger partial charge on any atom is 0.253 e. The first-order valence-electron chi connectivity index (χ1n) is 5.68. The summed E-state index contributed by atoms with van der Waals surface area (Å²) in [4.78, 5) is 14.0. The van der Waals surface area contributed by atoms with E-state index in [9.17, 15) is 9.18 Å². The van der Waals surface area contributed by atoms with Gasteiger partial charge >= 0.3 is 0 Å². The zero-order valence-electron chi connectivity index (χ0n) is 10.7. The summed E-state index contributed by atoms with van der Waals surface area (Å²) in [5.41, 5.74) is 0.429. The largest absolute Gasteiger partial charge is 0.494 e. The molecule has 0 bridgehead atoms. The minimum Gasteiger partial charge on any atom is -0.494 e. The monoisotopic (exact) mass is 317 g/mol. The molecule has 1 atom stereocenters. The Balaban J connectivity index is 2.77. The van der Waals surface area contributed by atoms with E-state index in [0.717, 1.165) is 6.42 Å². The normalized spacial score (nSPS) is 12.1. The van der Waals surface area contributed by atoms with Crippen molar-refractivity contribution >= 4 is 21.8 Å². The Morgan fingerprint density at radius 2 is 2.22 bits per heavy atom. The second-order valence-corrected chi connectivity index (χ2v) is 5.71. The lowest BCUT2D eigenvalue weighted by molar-refractivity contribution is 0.0793. The van der Waals surface area contributed by atoms with E-state index < -0.39 is 5.82 Å². The van der Waals surface area contributed by atoms with Gasteiger partial charge in [0.1, 0.15) is 0 Å². The standard InChI is InChI=1S/C13H17BrFNO2/c1-9(14)6-7-16(2)13(17)10-4-5-11(15)12(8-10)18-3/h4-5,8-9H,6-7H2,1-3H3. The van der Waals surface area contributed by atoms with E-state index in [4.69, 9.17) is 4.74 Å². The molecular weight excluding hydrogens is 301 g/mol. The van der Waals surface area contributed by atoms with Gasteiger partial charge in [-0.3, -0.25) is 4.79 Å². The number of alkyl halides is 1. The van der Waals surface area contributed by atoms with Crippen LogP contribution in [0.2, 0.25) is 0 Å². The molecule has 0 saturated heterocycles. The predicted molar refractivity (Wildman–Crippen MR) is 72.9 cm³/mol. The Bertz CT molecular complexity index is 423. The number of ether oxygens (including phenoxy) is 1. The van der Waals surface area contributed by atoms with E-state index in [1.54, 1.807) is 11.9 Å². The summed E-state index contributed by atoms with van der Waals surface area (Å²) in [7, 11) is 3.11. The molecule has 18 heavy (non-hydrogen) atoms. The van der Waals surface area contributed by atoms with Crippen molar-refractivity contribution in [2.24, 2.45) is 0 Å². The third-order valence-corrected chi connectivity index (χ3v) is 3.06. The molecule has 100 valence electrons. The lowest BCUT2D eigenvalue weighted by Crippen LogP contribution is -2.28. The van der Waals surface area contributed by atoms with Gasteiger partial charge in [-0.05, 0) is 24.6 Å². The summed E-state index contributed by atoms with van der Waals surface area (Å²) in [5.74, 6) is -0.518. The molecule has 1 unspecified atom stereocenters. The van der Waals surface area contributed by atoms with Crippen LogP contribution >= 0.6 is 15.9 Å². The number of methoxy groups -OCH3 is 1. The number of hydrogen-bond acceptors (Lipinski definition) is 2. The Hall–Kier alpha value is -1.10. The summed E-state index contributed by atoms with van der Waals surface area (Å²) in [6.45, 7) is 2.67. The summed E-state index contributed by atoms with van der Waals surface area (Å²) in [6.07, 6.45) is 0.862. The number of rotatable bonds is 5. The second kappa shape index (κ2) is 6.73. The first-order chi connectivity index (χ1) is 8.45. The van der Waals surface area contributed by atoms with Crippen LogP contribution in [0.1, 0.15) is 23.7 Å². The molecule has 3 nitrogen and oxygen atoms in total. The van der Waals surface area contributed by atoms with Gasteiger partial charge < -0.3 is 9.64 Å². The first-order valence-corrected chi connectivity index (χ1v) is 6.60. The number of carbonyl (C=O) groups excluding carboxylic acids is 1. The van der Waals surface area contributed by atoms with Crippen molar-refractivity contribution in [2.75, 3.05) is 20.7 Å². The Labute approximate surface area is 115 Å². The van der Waals surface area contributed by atoms with E-state index in [2.05, 4.69) is 15.9 Å². The molecule has 1 aromatic rings. The van der Waals surface area contributed by atoms with Crippen molar-refractivity contribution in [3.8, 4) is 5.75 Å². The molecule has 0 fully saturated rings. The van der Waals surface area contributed by atoms with E-state index in [-0.39, 0.29) is 11.7 Å². The number of halogens is 2. The van der Waals surface area contributed by atoms with Crippen molar-refractivity contribution in [3.05, 3.63) is 29.6 Å². The number of nitrogens with zero attached hydrogens (tertiary/aromatic N) is 1. The Kier molecular flexibility index (Phi) is 5.59. The smallest absolute Gasteiger partial charge is 0.253 e. The Morgan fingerprint density at radius 3 is 2.78 bits per heavy atom. The summed E-state index contributed by atoms with van der Waals surface area (Å²) >= 11 is 3.43. The summed E-state index contributed by atoms with van der Waals surface area (Å²) in [5, 5.41) is 0. The minimum atomic E-state index is -0.467. The fraction of sp³-hybridized carbons (Fsp3) is 0.462. The van der Waals surface area contributed by atoms with Crippen molar-refractivity contribution in [1.82, 2.24) is 4.90 Å². The predicted octanol–water partition coefficient (Wildman–Crippen LogP) is 3.08. The van der Waals surface area contributed by atoms with Crippen molar-refractivity contribution in [3.63, 3.8) is 0 Å². The summed E-state index contributed by atoms with van der Waals surface area (Å²) < 4.78 is 18.1. The van der Waals surface area contributed by atoms with Gasteiger partial charge in [0.2, 0.25) is 0 Å². The van der Waals surface area contributed by atoms with Gasteiger partial charge in [-0.2, -0.15) is 0 Å². The first kappa shape index (κ1) is 15.0. The van der Waals surface area contributed by atoms with Crippen LogP contribution < -0.4 is 4.74 Å². The minimum absolute atomic E-state index is 0.0862. The highest BCUT2D eigenvalue weighted by molar-refractivity contribution is 9.09. The quantitative estimate of drug-likeness (QED) is 0.781. The van der Waals surface area contributed by atoms with Crippen LogP contribution in [-0.4, -0.2) is 36.3 Å². The zero-order chi connectivity index (χ0) is 13.7. The van der Waals surface area contributed by atoms with Crippen molar-refractivity contribution in [2.45, 2.75) is 18.2 Å². The number of carbonyl (C=O) groups is 1. The van der Waals surface area contributed by atoms with E-state index >= 15 is 0 Å². The molecule has 0 aliphatic heterocycles. The molecule has 1 amide bonds. The van der Waals surface area contributed by atoms with Crippen LogP contribution in [0.25, 0.3) is 0 Å². The van der Waals surface area contributed by atoms with Gasteiger partial charge in [-0.1, -0.05) is 22.9 Å². The maximum absolute atomic E-state index is 13.2. The molecule has 0 aliphatic rings. The highest BCUT2D eigenvalue weighted by Gasteiger charge is 2.14. The van der Waals surface area contributed by atoms with Gasteiger partial charge in [-0.25, -0.2) is 4.39 Å². The zero-order valence-corrected chi connectivity index (χ0v) is 12.3. The third-order valence-electron chi connectivity index (χ3n) is 2.61. The van der Waals surface area contributed by atoms with Crippen LogP contribution in [0.15, 0.2) is 18.2 Å². The van der Waals surface area contributed by atoms with Crippen LogP contribution in [0.5, 0.6) is 5.75 Å². The van der Waals surface area contributed by atoms with E-state index in [1.807, 2.05) is 6.92 Å². The summed E-state index contributed by atoms with van der Waals surface area (Å²) in [6, 6.07) is 4.13. The van der Waals surface area contributed by atoms with Gasteiger partial charge in [0.15, 0.2) is 11.6 Å². The van der Waals surface area contributed by atoms with E-state index in [0.29, 0.717) is 16.9 Å². The SMILES string of the molecule is COc1cc(C(=O)N(C)CCC(C)Br)ccc1F. The molecule has 0 saturated carbocycles. The highest BCUT2D eigenvalue weighted by Crippen LogP contribution is 2.19. The highest BCUT2D eigenvalue weighted by atomic mass is 79.9. The van der Waals surface area contributed by atoms with Gasteiger partial charge in [0.05, 0.1) is 7.11 Å². The van der Waals surface area contributed by atoms with Crippen LogP contribution in [-0.2, 0) is 0 Å². The lowest BCUT2D eigenvalue weighted by atomic mass is 10.1. The molecule has 0 aliphatic carbocycles. The molecule has 0 heterocycles. The van der Waals surface area contributed by atoms with Crippen molar-refractivity contribution < 1.29 is 13.9 Å². The van der Waals surface area contributed by atoms with Crippen LogP contribution in [0.3, 0.4) is 0 Å². The fourth-order valence-electron chi connectivity index (χ4n) is 1.49. The number of amides is 1. The molecule has 5 heteroatoms. The van der Waals surface area contributed by atoms with Gasteiger partial charge in [0.25, 0.3) is 5.91 Å². The topological polar surface area (TPSA) is 29.5 Å². The van der Waals surface area contributed by atoms with Crippen LogP contribution in [0, 0.1) is 5.82 Å². The second-order valence-electron chi connectivity index (χ2n) is 4.15. The average Bonchev–Trinajstić information content (AvgIpc) is 2.35. The molecular formula is C13H17BrFNO2. The molecule has 0 radical (unpaired) electrons. The molecule has 0 spiro atoms. The molecule has 1 aromatic carbocycles. The van der Waals surface area contributed by atoms with Crippen molar-refractivity contribution in [1.29, 1.82) is 0 Å². The fourth-order valence-corrected chi connectivity index (χ4v) is 1.69. The number of hydrogen-bond donors (Lipinski definition) is 0. The maximum atomic E-state index is 13.2. The lowest BCUT2D eigenvalue weighted by Gasteiger charge is -2.18. The van der Waals surface area contributed by atoms with Gasteiger partial charge in [0, 0.05) is 24.0 Å². The molecule has 0 N–H and O–H groups in total. The average molecular weight is 318 g/mol. The van der Waals surface area contributed by atoms with Gasteiger partial charge in [-0.15, -0.1) is 0 Å². The third kappa shape index (κ3) is 3.98. The molecule has 0 aromatic heterocycles. The van der Waals surface area contributed by atoms with E-state index in [1.165, 1.54) is 25.3 Å². The van der Waals surface area contributed by atoms with Crippen LogP contribution in [0.4, 0.5) is 4.39 Å². The Morgan fingerprint density at radius 1 is 1.56 bits per heavy atom. The molecule has 1 rings (SSSR count).